The number of alkyl halides is 2. The van der Waals surface area contributed by atoms with Crippen LogP contribution in [0.25, 0.3) is 0 Å². The zero-order chi connectivity index (χ0) is 6.57. The molecule has 0 fully saturated rings. The van der Waals surface area contributed by atoms with Gasteiger partial charge in [0.1, 0.15) is 0 Å². The molecule has 2 N–H and O–H groups in total. The molecular formula is C4H13GeINO-. The number of hydrogen-bond acceptors (Lipinski definition) is 2. The van der Waals surface area contributed by atoms with Crippen LogP contribution in [-0.2, 0) is 0 Å². The summed E-state index contributed by atoms with van der Waals surface area (Å²) in [6.45, 7) is 1.85. The monoisotopic (exact) mass is 292 g/mol. The first kappa shape index (κ1) is 9.19. The first-order valence-corrected chi connectivity index (χ1v) is 8.05. The molecule has 52 valence electrons. The van der Waals surface area contributed by atoms with Gasteiger partial charge in [0, 0.05) is 0 Å². The number of halogens is 1. The molecule has 2 atom stereocenters. The molecular weight excluding hydrogens is 278 g/mol. The minimum atomic E-state index is -0.136. The molecule has 0 aliphatic heterocycles. The van der Waals surface area contributed by atoms with Crippen LogP contribution in [0.2, 0.25) is 0 Å². The van der Waals surface area contributed by atoms with Crippen LogP contribution >= 0.6 is 0 Å². The van der Waals surface area contributed by atoms with E-state index in [1.54, 1.807) is 0 Å². The fourth-order valence-electron chi connectivity index (χ4n) is 0.533. The Hall–Kier alpha value is 1.19. The van der Waals surface area contributed by atoms with E-state index in [0.29, 0.717) is 20.8 Å². The van der Waals surface area contributed by atoms with E-state index in [2.05, 4.69) is 9.20 Å². The number of nitrogens with one attached hydrogen (secondary N) is 1. The van der Waals surface area contributed by atoms with E-state index in [0.717, 1.165) is 0 Å². The maximum atomic E-state index is 9.01. The first-order chi connectivity index (χ1) is 3.72. The summed E-state index contributed by atoms with van der Waals surface area (Å²) < 4.78 is 3.69. The summed E-state index contributed by atoms with van der Waals surface area (Å²) in [5.41, 5.74) is 0. The summed E-state index contributed by atoms with van der Waals surface area (Å²) in [7, 11) is 0. The van der Waals surface area contributed by atoms with Crippen LogP contribution in [-0.4, -0.2) is 36.9 Å². The van der Waals surface area contributed by atoms with Gasteiger partial charge in [-0.25, -0.2) is 0 Å². The molecule has 0 aromatic heterocycles. The van der Waals surface area contributed by atoms with Gasteiger partial charge < -0.3 is 0 Å². The van der Waals surface area contributed by atoms with Crippen molar-refractivity contribution in [1.29, 1.82) is 0 Å². The van der Waals surface area contributed by atoms with Crippen molar-refractivity contribution in [3.8, 4) is 0 Å². The van der Waals surface area contributed by atoms with E-state index in [1.165, 1.54) is 0 Å². The van der Waals surface area contributed by atoms with Gasteiger partial charge in [-0.3, -0.25) is 0 Å². The Kier molecular flexibility index (Phi) is 5.76. The Bertz CT molecular complexity index is 58.0. The van der Waals surface area contributed by atoms with Gasteiger partial charge in [0.05, 0.1) is 0 Å². The Morgan fingerprint density at radius 3 is 2.25 bits per heavy atom. The Morgan fingerprint density at radius 1 is 1.75 bits per heavy atom. The van der Waals surface area contributed by atoms with Gasteiger partial charge in [0.2, 0.25) is 0 Å². The summed E-state index contributed by atoms with van der Waals surface area (Å²) in [5, 5.41) is 9.01. The summed E-state index contributed by atoms with van der Waals surface area (Å²) in [4.78, 5) is 2.19. The van der Waals surface area contributed by atoms with E-state index in [1.807, 2.05) is 6.92 Å². The third-order valence-electron chi connectivity index (χ3n) is 0.934. The van der Waals surface area contributed by atoms with Gasteiger partial charge in [-0.15, -0.1) is 0 Å². The van der Waals surface area contributed by atoms with Gasteiger partial charge >= 0.3 is 69.3 Å². The molecule has 0 spiro atoms. The predicted octanol–water partition coefficient (Wildman–Crippen LogP) is -4.72. The van der Waals surface area contributed by atoms with Gasteiger partial charge in [-0.2, -0.15) is 0 Å². The molecule has 4 heteroatoms. The predicted molar refractivity (Wildman–Crippen MR) is 34.5 cm³/mol. The van der Waals surface area contributed by atoms with Gasteiger partial charge in [-0.05, 0) is 0 Å². The third-order valence-corrected chi connectivity index (χ3v) is 7.71. The topological polar surface area (TPSA) is 32.3 Å². The quantitative estimate of drug-likeness (QED) is 0.237. The molecule has 0 aromatic carbocycles. The van der Waals surface area contributed by atoms with Gasteiger partial charge in [-0.1, -0.05) is 0 Å². The second kappa shape index (κ2) is 5.02. The van der Waals surface area contributed by atoms with Gasteiger partial charge in [0.15, 0.2) is 0 Å². The molecule has 8 heavy (non-hydrogen) atoms. The second-order valence-corrected chi connectivity index (χ2v) is 5.45. The number of aliphatic hydroxyl groups is 1. The Labute approximate surface area is 69.1 Å². The average Bonchev–Trinajstić information content (AvgIpc) is 1.69. The summed E-state index contributed by atoms with van der Waals surface area (Å²) >= 11 is 0.872. The Balaban J connectivity index is 3.35. The van der Waals surface area contributed by atoms with Crippen LogP contribution in [0.15, 0.2) is 0 Å². The molecule has 0 radical (unpaired) electrons. The van der Waals surface area contributed by atoms with Crippen molar-refractivity contribution >= 4 is 16.7 Å². The van der Waals surface area contributed by atoms with Crippen molar-refractivity contribution in [3.63, 3.8) is 0 Å². The van der Waals surface area contributed by atoms with E-state index in [4.69, 9.17) is 5.11 Å². The fourth-order valence-corrected chi connectivity index (χ4v) is 6.28. The molecule has 0 bridgehead atoms. The molecule has 0 amide bonds. The van der Waals surface area contributed by atoms with Crippen LogP contribution < -0.4 is 25.5 Å². The van der Waals surface area contributed by atoms with Crippen LogP contribution in [0.4, 0.5) is 0 Å². The maximum absolute atomic E-state index is 9.01. The van der Waals surface area contributed by atoms with E-state index in [-0.39, 0.29) is 27.3 Å². The SMILES string of the molecule is C[I-]C([NH][GeH3])[C@H](C)O. The van der Waals surface area contributed by atoms with Crippen molar-refractivity contribution in [1.82, 2.24) is 4.27 Å². The summed E-state index contributed by atoms with van der Waals surface area (Å²) in [6.07, 6.45) is -0.136. The molecule has 0 aliphatic carbocycles. The number of aliphatic hydroxyl groups excluding tert-OH is 1. The fraction of sp³-hybridized carbons (Fsp3) is 1.00. The van der Waals surface area contributed by atoms with Crippen LogP contribution in [0.1, 0.15) is 6.92 Å². The zero-order valence-electron chi connectivity index (χ0n) is 5.48. The second-order valence-electron chi connectivity index (χ2n) is 1.65. The zero-order valence-corrected chi connectivity index (χ0v) is 11.8. The van der Waals surface area contributed by atoms with E-state index < -0.39 is 0 Å². The first-order valence-electron chi connectivity index (χ1n) is 2.55. The molecule has 0 rings (SSSR count). The van der Waals surface area contributed by atoms with Crippen LogP contribution in [0.3, 0.4) is 0 Å². The molecule has 0 aromatic rings. The summed E-state index contributed by atoms with van der Waals surface area (Å²) in [6, 6.07) is 0. The molecule has 1 unspecified atom stereocenters. The Morgan fingerprint density at radius 2 is 2.25 bits per heavy atom. The van der Waals surface area contributed by atoms with Gasteiger partial charge in [0.25, 0.3) is 0 Å². The van der Waals surface area contributed by atoms with Crippen LogP contribution in [0.5, 0.6) is 0 Å². The van der Waals surface area contributed by atoms with E-state index >= 15 is 0 Å². The normalized spacial score (nSPS) is 18.9. The average molecular weight is 291 g/mol. The molecule has 0 heterocycles. The molecule has 0 aliphatic rings. The number of rotatable bonds is 3. The van der Waals surface area contributed by atoms with Crippen molar-refractivity contribution in [2.75, 3.05) is 4.93 Å². The third kappa shape index (κ3) is 3.26. The van der Waals surface area contributed by atoms with Crippen LogP contribution in [0, 0.1) is 0 Å². The van der Waals surface area contributed by atoms with Crippen molar-refractivity contribution < 1.29 is 26.3 Å². The standard InChI is InChI=1S/C4H13GeINO/c1-3(8)4(6-2)7-5/h3-4,7-8H,1-2,5H3/q-1/t3-,4?/m0/s1. The number of hydrogen-bond donors (Lipinski definition) is 2. The summed E-state index contributed by atoms with van der Waals surface area (Å²) in [5.74, 6) is 0. The molecule has 0 saturated carbocycles. The van der Waals surface area contributed by atoms with E-state index in [9.17, 15) is 0 Å². The van der Waals surface area contributed by atoms with Crippen molar-refractivity contribution in [3.05, 3.63) is 0 Å². The molecule has 2 nitrogen and oxygen atoms in total. The van der Waals surface area contributed by atoms with Crippen molar-refractivity contribution in [2.45, 2.75) is 17.1 Å². The van der Waals surface area contributed by atoms with Crippen molar-refractivity contribution in [2.24, 2.45) is 0 Å². The molecule has 0 saturated heterocycles. The minimum absolute atomic E-state index is 0.136.